The van der Waals surface area contributed by atoms with E-state index in [4.69, 9.17) is 34.3 Å². The fourth-order valence-electron chi connectivity index (χ4n) is 3.23. The van der Waals surface area contributed by atoms with Crippen LogP contribution in [-0.4, -0.2) is 73.1 Å². The molecule has 7 nitrogen and oxygen atoms in total. The Bertz CT molecular complexity index is 798. The zero-order chi connectivity index (χ0) is 27.1. The number of ether oxygens (including phenoxy) is 1. The van der Waals surface area contributed by atoms with Crippen molar-refractivity contribution in [2.75, 3.05) is 26.4 Å². The summed E-state index contributed by atoms with van der Waals surface area (Å²) in [5, 5.41) is 34.1. The third-order valence-corrected chi connectivity index (χ3v) is 5.35. The Morgan fingerprint density at radius 2 is 1.45 bits per heavy atom. The Labute approximate surface area is 244 Å². The van der Waals surface area contributed by atoms with E-state index in [-0.39, 0.29) is 42.1 Å². The van der Waals surface area contributed by atoms with E-state index in [2.05, 4.69) is 13.2 Å². The van der Waals surface area contributed by atoms with Gasteiger partial charge in [-0.1, -0.05) is 95.1 Å². The van der Waals surface area contributed by atoms with Gasteiger partial charge in [0.25, 0.3) is 0 Å². The fraction of sp³-hybridized carbons (Fsp3) is 0.484. The van der Waals surface area contributed by atoms with Gasteiger partial charge >= 0.3 is 14.2 Å². The van der Waals surface area contributed by atoms with Gasteiger partial charge in [0.2, 0.25) is 0 Å². The molecule has 2 heterocycles. The molecule has 2 aromatic carbocycles. The smallest absolute Gasteiger partial charge is 0.423 e. The molecule has 40 heavy (non-hydrogen) atoms. The van der Waals surface area contributed by atoms with Crippen LogP contribution in [0.15, 0.2) is 86.0 Å². The summed E-state index contributed by atoms with van der Waals surface area (Å²) in [5.41, 5.74) is 1.62. The Hall–Kier alpha value is -2.23. The highest BCUT2D eigenvalue weighted by molar-refractivity contribution is 6.61. The molecule has 2 atom stereocenters. The van der Waals surface area contributed by atoms with Crippen LogP contribution in [0.5, 0.6) is 0 Å². The molecule has 2 aromatic rings. The first kappa shape index (κ1) is 42.2. The molecule has 2 aliphatic heterocycles. The molecule has 0 bridgehead atoms. The summed E-state index contributed by atoms with van der Waals surface area (Å²) in [4.78, 5) is 0. The molecule has 2 saturated heterocycles. The van der Waals surface area contributed by atoms with Crippen molar-refractivity contribution in [2.24, 2.45) is 0 Å². The number of benzene rings is 2. The Kier molecular flexibility index (Phi) is 29.9. The molecule has 0 amide bonds. The summed E-state index contributed by atoms with van der Waals surface area (Å²) >= 11 is 0. The normalized spacial score (nSPS) is 15.4. The highest BCUT2D eigenvalue weighted by atomic mass is 16.6. The van der Waals surface area contributed by atoms with Gasteiger partial charge in [-0.15, -0.1) is 13.2 Å². The molecule has 0 aliphatic carbocycles. The van der Waals surface area contributed by atoms with Gasteiger partial charge in [-0.3, -0.25) is 0 Å². The summed E-state index contributed by atoms with van der Waals surface area (Å²) in [5.74, 6) is 0. The lowest BCUT2D eigenvalue weighted by Crippen LogP contribution is -2.32. The van der Waals surface area contributed by atoms with Gasteiger partial charge in [-0.2, -0.15) is 0 Å². The predicted octanol–water partition coefficient (Wildman–Crippen LogP) is 4.14. The maximum absolute atomic E-state index is 8.69. The second-order valence-corrected chi connectivity index (χ2v) is 8.51. The number of hydrogen-bond acceptors (Lipinski definition) is 7. The maximum Gasteiger partial charge on any atom is 0.494 e. The quantitative estimate of drug-likeness (QED) is 0.270. The van der Waals surface area contributed by atoms with Crippen LogP contribution in [0.4, 0.5) is 0 Å². The summed E-state index contributed by atoms with van der Waals surface area (Å²) < 4.78 is 16.3. The maximum atomic E-state index is 8.69. The summed E-state index contributed by atoms with van der Waals surface area (Å²) in [6.07, 6.45) is 9.20. The van der Waals surface area contributed by atoms with Gasteiger partial charge in [0.15, 0.2) is 0 Å². The van der Waals surface area contributed by atoms with Gasteiger partial charge in [0, 0.05) is 13.2 Å². The van der Waals surface area contributed by atoms with Crippen LogP contribution in [-0.2, 0) is 14.0 Å². The number of allylic oxidation sites excluding steroid dienone is 2. The lowest BCUT2D eigenvalue weighted by Gasteiger charge is -2.07. The first-order valence-electron chi connectivity index (χ1n) is 12.8. The average Bonchev–Trinajstić information content (AvgIpc) is 3.68. The van der Waals surface area contributed by atoms with Crippen LogP contribution in [0.1, 0.15) is 60.8 Å². The zero-order valence-corrected chi connectivity index (χ0v) is 21.7. The molecule has 0 spiro atoms. The molecule has 2 fully saturated rings. The molecule has 2 unspecified atom stereocenters. The van der Waals surface area contributed by atoms with Gasteiger partial charge in [-0.05, 0) is 49.5 Å². The lowest BCUT2D eigenvalue weighted by molar-refractivity contribution is 0.0891. The topological polar surface area (TPSA) is 109 Å². The number of aliphatic hydroxyl groups is 2. The van der Waals surface area contributed by atoms with Gasteiger partial charge in [0.05, 0.1) is 25.4 Å². The highest BCUT2D eigenvalue weighted by Crippen LogP contribution is 2.13. The van der Waals surface area contributed by atoms with E-state index >= 15 is 0 Å². The minimum Gasteiger partial charge on any atom is -0.423 e. The Balaban J connectivity index is -0.000000478. The average molecular weight is 560 g/mol. The van der Waals surface area contributed by atoms with E-state index in [1.807, 2.05) is 42.5 Å². The molecule has 0 aromatic heterocycles. The minimum absolute atomic E-state index is 0. The summed E-state index contributed by atoms with van der Waals surface area (Å²) in [6, 6.07) is 18.7. The lowest BCUT2D eigenvalue weighted by atomic mass is 9.79. The molecule has 9 heteroatoms. The van der Waals surface area contributed by atoms with E-state index < -0.39 is 13.2 Å². The van der Waals surface area contributed by atoms with Crippen molar-refractivity contribution >= 4 is 25.2 Å². The van der Waals surface area contributed by atoms with Crippen LogP contribution >= 0.6 is 0 Å². The van der Waals surface area contributed by atoms with E-state index in [1.54, 1.807) is 30.3 Å². The van der Waals surface area contributed by atoms with Gasteiger partial charge in [-0.25, -0.2) is 0 Å². The van der Waals surface area contributed by atoms with Crippen molar-refractivity contribution in [1.29, 1.82) is 0 Å². The Morgan fingerprint density at radius 1 is 0.900 bits per heavy atom. The molecular formula is C31H54B2O7. The first-order chi connectivity index (χ1) is 18.0. The molecule has 4 rings (SSSR count). The van der Waals surface area contributed by atoms with Crippen LogP contribution in [0.25, 0.3) is 0 Å². The Morgan fingerprint density at radius 3 is 1.88 bits per heavy atom. The molecule has 0 radical (unpaired) electrons. The van der Waals surface area contributed by atoms with Crippen molar-refractivity contribution < 1.29 is 34.3 Å². The van der Waals surface area contributed by atoms with Crippen LogP contribution < -0.4 is 10.9 Å². The van der Waals surface area contributed by atoms with E-state index in [9.17, 15) is 0 Å². The van der Waals surface area contributed by atoms with Crippen LogP contribution in [0, 0.1) is 0 Å². The van der Waals surface area contributed by atoms with E-state index in [0.717, 1.165) is 37.9 Å². The molecule has 2 aliphatic rings. The first-order valence-corrected chi connectivity index (χ1v) is 12.8. The summed E-state index contributed by atoms with van der Waals surface area (Å²) in [7, 11) is -1.52. The second-order valence-electron chi connectivity index (χ2n) is 8.51. The fourth-order valence-corrected chi connectivity index (χ4v) is 3.23. The SMILES string of the molecule is C.C.C.C1CCOC1.C=CCCC(O)CO.C=CCCC1COB(c2ccccc2)O1.OB(O)c1ccccc1. The molecule has 226 valence electrons. The molecular weight excluding hydrogens is 506 g/mol. The molecule has 0 saturated carbocycles. The number of rotatable bonds is 9. The van der Waals surface area contributed by atoms with Gasteiger partial charge in [0.1, 0.15) is 0 Å². The minimum atomic E-state index is -1.34. The van der Waals surface area contributed by atoms with E-state index in [1.165, 1.54) is 12.8 Å². The number of hydrogen-bond donors (Lipinski definition) is 4. The van der Waals surface area contributed by atoms with Crippen molar-refractivity contribution in [2.45, 2.75) is 73.0 Å². The summed E-state index contributed by atoms with van der Waals surface area (Å²) in [6.45, 7) is 9.72. The van der Waals surface area contributed by atoms with Crippen molar-refractivity contribution in [3.05, 3.63) is 86.0 Å². The number of aliphatic hydroxyl groups excluding tert-OH is 2. The van der Waals surface area contributed by atoms with Crippen LogP contribution in [0.2, 0.25) is 0 Å². The van der Waals surface area contributed by atoms with Crippen molar-refractivity contribution in [3.63, 3.8) is 0 Å². The second kappa shape index (κ2) is 28.3. The monoisotopic (exact) mass is 560 g/mol. The van der Waals surface area contributed by atoms with Crippen molar-refractivity contribution in [3.8, 4) is 0 Å². The third-order valence-electron chi connectivity index (χ3n) is 5.35. The third kappa shape index (κ3) is 20.6. The standard InChI is InChI=1S/C12H15BO2.C6H7BO2.C6H12O2.C4H8O.3CH4/c1-2-3-9-12-10-14-13(15-12)11-7-5-4-6-8-11;8-7(9)6-4-2-1-3-5-6;1-2-3-4-6(8)5-7;1-2-4-5-3-1;;;/h2,4-8,12H,1,3,9-10H2;1-5,8-9H;2,6-8H,1,3-5H2;1-4H2;3*1H4. The highest BCUT2D eigenvalue weighted by Gasteiger charge is 2.32. The largest absolute Gasteiger partial charge is 0.494 e. The van der Waals surface area contributed by atoms with Crippen LogP contribution in [0.3, 0.4) is 0 Å². The van der Waals surface area contributed by atoms with Crippen molar-refractivity contribution in [1.82, 2.24) is 0 Å². The molecule has 4 N–H and O–H groups in total. The van der Waals surface area contributed by atoms with E-state index in [0.29, 0.717) is 18.5 Å². The predicted molar refractivity (Wildman–Crippen MR) is 171 cm³/mol. The van der Waals surface area contributed by atoms with Gasteiger partial charge < -0.3 is 34.3 Å². The zero-order valence-electron chi connectivity index (χ0n) is 21.7.